The fraction of sp³-hybridized carbons (Fsp3) is 0.250. The molecule has 1 rings (SSSR count). The van der Waals surface area contributed by atoms with Gasteiger partial charge in [-0.2, -0.15) is 5.10 Å². The van der Waals surface area contributed by atoms with Crippen LogP contribution in [0.4, 0.5) is 5.82 Å². The fourth-order valence-corrected chi connectivity index (χ4v) is 0.821. The molecule has 0 aromatic carbocycles. The zero-order chi connectivity index (χ0) is 9.84. The Morgan fingerprint density at radius 1 is 1.92 bits per heavy atom. The van der Waals surface area contributed by atoms with Gasteiger partial charge in [0.2, 0.25) is 0 Å². The summed E-state index contributed by atoms with van der Waals surface area (Å²) in [5, 5.41) is 8.80. The van der Waals surface area contributed by atoms with E-state index in [9.17, 15) is 4.79 Å². The number of amides is 1. The van der Waals surface area contributed by atoms with Gasteiger partial charge in [0.15, 0.2) is 0 Å². The molecule has 0 aliphatic carbocycles. The Bertz CT molecular complexity index is 318. The van der Waals surface area contributed by atoms with Gasteiger partial charge in [-0.1, -0.05) is 6.08 Å². The molecule has 1 aromatic heterocycles. The van der Waals surface area contributed by atoms with Crippen LogP contribution in [0.1, 0.15) is 17.3 Å². The molecule has 0 aliphatic rings. The monoisotopic (exact) mass is 180 g/mol. The van der Waals surface area contributed by atoms with Crippen molar-refractivity contribution < 1.29 is 4.79 Å². The minimum Gasteiger partial charge on any atom is -0.383 e. The highest BCUT2D eigenvalue weighted by Gasteiger charge is 2.12. The van der Waals surface area contributed by atoms with Gasteiger partial charge in [0, 0.05) is 6.04 Å². The van der Waals surface area contributed by atoms with Gasteiger partial charge in [0.05, 0.1) is 6.20 Å². The number of rotatable bonds is 3. The smallest absolute Gasteiger partial charge is 0.257 e. The standard InChI is InChI=1S/C8H12N4O/c1-3-5(2)11-8(13)6-4-10-12-7(6)9/h3-5H,1H2,2H3,(H,11,13)(H3,9,10,12). The molecule has 1 heterocycles. The molecule has 0 spiro atoms. The average Bonchev–Trinajstić information content (AvgIpc) is 2.51. The lowest BCUT2D eigenvalue weighted by atomic mass is 10.2. The van der Waals surface area contributed by atoms with Gasteiger partial charge in [0.1, 0.15) is 11.4 Å². The first-order valence-electron chi connectivity index (χ1n) is 3.87. The third kappa shape index (κ3) is 2.08. The van der Waals surface area contributed by atoms with Crippen LogP contribution in [0.25, 0.3) is 0 Å². The van der Waals surface area contributed by atoms with Gasteiger partial charge in [-0.05, 0) is 6.92 Å². The molecule has 13 heavy (non-hydrogen) atoms. The SMILES string of the molecule is C=CC(C)NC(=O)c1cn[nH]c1N. The van der Waals surface area contributed by atoms with Gasteiger partial charge < -0.3 is 11.1 Å². The predicted molar refractivity (Wildman–Crippen MR) is 50.1 cm³/mol. The molecule has 5 nitrogen and oxygen atoms in total. The summed E-state index contributed by atoms with van der Waals surface area (Å²) >= 11 is 0. The molecule has 1 aromatic rings. The van der Waals surface area contributed by atoms with Crippen LogP contribution in [0.5, 0.6) is 0 Å². The first-order valence-corrected chi connectivity index (χ1v) is 3.87. The van der Waals surface area contributed by atoms with E-state index in [0.717, 1.165) is 0 Å². The number of hydrogen-bond acceptors (Lipinski definition) is 3. The summed E-state index contributed by atoms with van der Waals surface area (Å²) < 4.78 is 0. The summed E-state index contributed by atoms with van der Waals surface area (Å²) in [6.07, 6.45) is 3.02. The summed E-state index contributed by atoms with van der Waals surface area (Å²) in [7, 11) is 0. The first-order chi connectivity index (χ1) is 6.15. The minimum atomic E-state index is -0.251. The van der Waals surface area contributed by atoms with Crippen molar-refractivity contribution in [3.8, 4) is 0 Å². The summed E-state index contributed by atoms with van der Waals surface area (Å²) in [4.78, 5) is 11.4. The lowest BCUT2D eigenvalue weighted by Gasteiger charge is -2.07. The van der Waals surface area contributed by atoms with Crippen molar-refractivity contribution >= 4 is 11.7 Å². The van der Waals surface area contributed by atoms with E-state index in [2.05, 4.69) is 22.1 Å². The van der Waals surface area contributed by atoms with Gasteiger partial charge in [-0.25, -0.2) is 0 Å². The molecule has 0 radical (unpaired) electrons. The lowest BCUT2D eigenvalue weighted by molar-refractivity contribution is 0.0948. The number of nitrogens with two attached hydrogens (primary N) is 1. The quantitative estimate of drug-likeness (QED) is 0.585. The van der Waals surface area contributed by atoms with Crippen LogP contribution in [-0.4, -0.2) is 22.1 Å². The van der Waals surface area contributed by atoms with Gasteiger partial charge in [0.25, 0.3) is 5.91 Å². The van der Waals surface area contributed by atoms with E-state index in [1.165, 1.54) is 6.20 Å². The highest BCUT2D eigenvalue weighted by Crippen LogP contribution is 2.05. The molecule has 0 fully saturated rings. The number of carbonyl (C=O) groups is 1. The molecule has 1 atom stereocenters. The molecule has 0 saturated carbocycles. The van der Waals surface area contributed by atoms with Crippen LogP contribution in [-0.2, 0) is 0 Å². The number of aromatic nitrogens is 2. The van der Waals surface area contributed by atoms with Crippen molar-refractivity contribution in [1.29, 1.82) is 0 Å². The fourth-order valence-electron chi connectivity index (χ4n) is 0.821. The molecular weight excluding hydrogens is 168 g/mol. The number of nitrogen functional groups attached to an aromatic ring is 1. The van der Waals surface area contributed by atoms with Crippen LogP contribution >= 0.6 is 0 Å². The molecule has 1 amide bonds. The largest absolute Gasteiger partial charge is 0.383 e. The number of aromatic amines is 1. The van der Waals surface area contributed by atoms with Crippen LogP contribution < -0.4 is 11.1 Å². The first kappa shape index (κ1) is 9.31. The molecule has 1 unspecified atom stereocenters. The van der Waals surface area contributed by atoms with E-state index in [1.807, 2.05) is 6.92 Å². The van der Waals surface area contributed by atoms with E-state index in [4.69, 9.17) is 5.73 Å². The Hall–Kier alpha value is -1.78. The van der Waals surface area contributed by atoms with E-state index in [0.29, 0.717) is 5.56 Å². The molecular formula is C8H12N4O. The second kappa shape index (κ2) is 3.75. The van der Waals surface area contributed by atoms with Crippen molar-refractivity contribution in [3.05, 3.63) is 24.4 Å². The van der Waals surface area contributed by atoms with Crippen LogP contribution in [0, 0.1) is 0 Å². The predicted octanol–water partition coefficient (Wildman–Crippen LogP) is 0.296. The van der Waals surface area contributed by atoms with Crippen LogP contribution in [0.15, 0.2) is 18.9 Å². The third-order valence-corrected chi connectivity index (χ3v) is 1.63. The maximum Gasteiger partial charge on any atom is 0.257 e. The van der Waals surface area contributed by atoms with Crippen molar-refractivity contribution in [2.45, 2.75) is 13.0 Å². The Kier molecular flexibility index (Phi) is 2.69. The summed E-state index contributed by atoms with van der Waals surface area (Å²) in [5.74, 6) is 0.0208. The van der Waals surface area contributed by atoms with Crippen LogP contribution in [0.3, 0.4) is 0 Å². The second-order valence-electron chi connectivity index (χ2n) is 2.70. The molecule has 0 saturated heterocycles. The highest BCUT2D eigenvalue weighted by molar-refractivity contribution is 5.98. The molecule has 0 bridgehead atoms. The second-order valence-corrected chi connectivity index (χ2v) is 2.70. The summed E-state index contributed by atoms with van der Waals surface area (Å²) in [6.45, 7) is 5.37. The van der Waals surface area contributed by atoms with E-state index in [1.54, 1.807) is 6.08 Å². The van der Waals surface area contributed by atoms with Crippen molar-refractivity contribution in [2.24, 2.45) is 0 Å². The number of anilines is 1. The minimum absolute atomic E-state index is 0.0817. The molecule has 5 heteroatoms. The topological polar surface area (TPSA) is 83.8 Å². The number of carbonyl (C=O) groups excluding carboxylic acids is 1. The zero-order valence-electron chi connectivity index (χ0n) is 7.37. The van der Waals surface area contributed by atoms with E-state index >= 15 is 0 Å². The van der Waals surface area contributed by atoms with Gasteiger partial charge in [-0.15, -0.1) is 6.58 Å². The van der Waals surface area contributed by atoms with Gasteiger partial charge >= 0.3 is 0 Å². The van der Waals surface area contributed by atoms with Gasteiger partial charge in [-0.3, -0.25) is 9.89 Å². The van der Waals surface area contributed by atoms with E-state index in [-0.39, 0.29) is 17.8 Å². The number of nitrogens with one attached hydrogen (secondary N) is 2. The van der Waals surface area contributed by atoms with Crippen molar-refractivity contribution in [3.63, 3.8) is 0 Å². The number of H-pyrrole nitrogens is 1. The maximum atomic E-state index is 11.4. The third-order valence-electron chi connectivity index (χ3n) is 1.63. The average molecular weight is 180 g/mol. The summed E-state index contributed by atoms with van der Waals surface area (Å²) in [5.41, 5.74) is 5.81. The Labute approximate surface area is 76.0 Å². The van der Waals surface area contributed by atoms with Crippen molar-refractivity contribution in [2.75, 3.05) is 5.73 Å². The Morgan fingerprint density at radius 2 is 2.62 bits per heavy atom. The molecule has 4 N–H and O–H groups in total. The number of nitrogens with zero attached hydrogens (tertiary/aromatic N) is 1. The Balaban J connectivity index is 2.69. The molecule has 0 aliphatic heterocycles. The van der Waals surface area contributed by atoms with Crippen LogP contribution in [0.2, 0.25) is 0 Å². The molecule has 70 valence electrons. The highest BCUT2D eigenvalue weighted by atomic mass is 16.1. The van der Waals surface area contributed by atoms with Crippen molar-refractivity contribution in [1.82, 2.24) is 15.5 Å². The van der Waals surface area contributed by atoms with E-state index < -0.39 is 0 Å². The normalized spacial score (nSPS) is 12.1. The maximum absolute atomic E-state index is 11.4. The number of hydrogen-bond donors (Lipinski definition) is 3. The summed E-state index contributed by atoms with van der Waals surface area (Å²) in [6, 6.07) is -0.0817. The Morgan fingerprint density at radius 3 is 3.08 bits per heavy atom. The zero-order valence-corrected chi connectivity index (χ0v) is 7.37. The lowest BCUT2D eigenvalue weighted by Crippen LogP contribution is -2.31.